The molecule has 1 saturated carbocycles. The Morgan fingerprint density at radius 1 is 0.880 bits per heavy atom. The Morgan fingerprint density at radius 2 is 1.44 bits per heavy atom. The van der Waals surface area contributed by atoms with Crippen LogP contribution in [-0.2, 0) is 9.84 Å². The normalized spacial score (nSPS) is 32.7. The molecule has 4 heteroatoms. The van der Waals surface area contributed by atoms with Crippen LogP contribution in [0.3, 0.4) is 0 Å². The van der Waals surface area contributed by atoms with Gasteiger partial charge in [0.25, 0.3) is 0 Å². The molecule has 0 amide bonds. The summed E-state index contributed by atoms with van der Waals surface area (Å²) >= 11 is 0. The summed E-state index contributed by atoms with van der Waals surface area (Å²) in [5, 5.41) is 0. The second-order valence-corrected chi connectivity index (χ2v) is 13.2. The van der Waals surface area contributed by atoms with Gasteiger partial charge < -0.3 is 4.90 Å². The van der Waals surface area contributed by atoms with E-state index in [0.29, 0.717) is 28.3 Å². The lowest BCUT2D eigenvalue weighted by Crippen LogP contribution is -2.40. The molecule has 3 aliphatic rings. The average Bonchev–Trinajstić information content (AvgIpc) is 3.24. The van der Waals surface area contributed by atoms with E-state index in [9.17, 15) is 8.42 Å². The van der Waals surface area contributed by atoms with Gasteiger partial charge in [-0.15, -0.1) is 0 Å². The summed E-state index contributed by atoms with van der Waals surface area (Å²) in [6.45, 7) is 14.5. The highest BCUT2D eigenvalue weighted by Crippen LogP contribution is 2.49. The topological polar surface area (TPSA) is 37.4 Å². The predicted octanol–water partition coefficient (Wildman–Crippen LogP) is 4.37. The van der Waals surface area contributed by atoms with E-state index in [2.05, 4.69) is 39.5 Å². The van der Waals surface area contributed by atoms with Gasteiger partial charge in [0.15, 0.2) is 0 Å². The number of rotatable bonds is 4. The van der Waals surface area contributed by atoms with Crippen molar-refractivity contribution in [1.82, 2.24) is 4.90 Å². The van der Waals surface area contributed by atoms with Gasteiger partial charge in [0.1, 0.15) is 9.84 Å². The third-order valence-electron chi connectivity index (χ3n) is 7.56. The van der Waals surface area contributed by atoms with E-state index < -0.39 is 9.84 Å². The lowest BCUT2D eigenvalue weighted by molar-refractivity contribution is 0.0977. The van der Waals surface area contributed by atoms with Gasteiger partial charge in [-0.2, -0.15) is 0 Å². The zero-order chi connectivity index (χ0) is 18.5. The lowest BCUT2D eigenvalue weighted by atomic mass is 9.72. The molecule has 1 aliphatic carbocycles. The van der Waals surface area contributed by atoms with E-state index in [-0.39, 0.29) is 0 Å². The van der Waals surface area contributed by atoms with Gasteiger partial charge >= 0.3 is 0 Å². The quantitative estimate of drug-likeness (QED) is 0.738. The lowest BCUT2D eigenvalue weighted by Gasteiger charge is -2.40. The summed E-state index contributed by atoms with van der Waals surface area (Å²) in [6, 6.07) is 0.813. The van der Waals surface area contributed by atoms with Crippen molar-refractivity contribution in [3.63, 3.8) is 0 Å². The van der Waals surface area contributed by atoms with Crippen molar-refractivity contribution < 1.29 is 8.42 Å². The standard InChI is InChI=1S/C21H39NO2S/c1-20(2,3)17-6-10-22(11-7-17)19-14-16(19)15-21(4,5)18-8-12-25(23,24)13-9-18/h16-19H,6-15H2,1-5H3. The molecule has 25 heavy (non-hydrogen) atoms. The molecule has 0 radical (unpaired) electrons. The second-order valence-electron chi connectivity index (χ2n) is 10.9. The molecule has 0 N–H and O–H groups in total. The van der Waals surface area contributed by atoms with Crippen LogP contribution in [0.15, 0.2) is 0 Å². The second kappa shape index (κ2) is 6.82. The average molecular weight is 370 g/mol. The number of nitrogens with zero attached hydrogens (tertiary/aromatic N) is 1. The fourth-order valence-corrected chi connectivity index (χ4v) is 7.00. The molecular formula is C21H39NO2S. The van der Waals surface area contributed by atoms with Crippen LogP contribution >= 0.6 is 0 Å². The Kier molecular flexibility index (Phi) is 5.36. The van der Waals surface area contributed by atoms with Crippen molar-refractivity contribution in [2.24, 2.45) is 28.6 Å². The van der Waals surface area contributed by atoms with E-state index >= 15 is 0 Å². The summed E-state index contributed by atoms with van der Waals surface area (Å²) in [7, 11) is -2.74. The first kappa shape index (κ1) is 19.7. The summed E-state index contributed by atoms with van der Waals surface area (Å²) in [5.74, 6) is 3.13. The number of sulfone groups is 1. The Balaban J connectivity index is 1.46. The monoisotopic (exact) mass is 369 g/mol. The molecule has 0 aromatic carbocycles. The first-order valence-corrected chi connectivity index (χ1v) is 12.2. The van der Waals surface area contributed by atoms with Gasteiger partial charge in [-0.05, 0) is 80.2 Å². The number of likely N-dealkylation sites (tertiary alicyclic amines) is 1. The molecule has 0 spiro atoms. The Labute approximate surface area is 155 Å². The van der Waals surface area contributed by atoms with Crippen LogP contribution in [0.5, 0.6) is 0 Å². The molecule has 2 unspecified atom stereocenters. The van der Waals surface area contributed by atoms with Crippen LogP contribution in [-0.4, -0.2) is 44.0 Å². The molecular weight excluding hydrogens is 330 g/mol. The van der Waals surface area contributed by atoms with Gasteiger partial charge in [0, 0.05) is 6.04 Å². The Bertz CT molecular complexity index is 553. The Hall–Kier alpha value is -0.0900. The van der Waals surface area contributed by atoms with E-state index in [1.165, 1.54) is 38.8 Å². The van der Waals surface area contributed by atoms with Crippen LogP contribution < -0.4 is 0 Å². The summed E-state index contributed by atoms with van der Waals surface area (Å²) in [4.78, 5) is 2.76. The van der Waals surface area contributed by atoms with Crippen molar-refractivity contribution in [2.75, 3.05) is 24.6 Å². The van der Waals surface area contributed by atoms with E-state index in [1.54, 1.807) is 0 Å². The van der Waals surface area contributed by atoms with Crippen molar-refractivity contribution in [2.45, 2.75) is 79.2 Å². The summed E-state index contributed by atoms with van der Waals surface area (Å²) in [5.41, 5.74) is 0.747. The minimum absolute atomic E-state index is 0.291. The van der Waals surface area contributed by atoms with Gasteiger partial charge in [-0.1, -0.05) is 34.6 Å². The molecule has 2 atom stereocenters. The third kappa shape index (κ3) is 4.80. The fourth-order valence-electron chi connectivity index (χ4n) is 5.51. The molecule has 0 aromatic heterocycles. The van der Waals surface area contributed by atoms with Crippen LogP contribution in [0.1, 0.15) is 73.1 Å². The minimum atomic E-state index is -2.74. The minimum Gasteiger partial charge on any atom is -0.300 e. The molecule has 3 nitrogen and oxygen atoms in total. The van der Waals surface area contributed by atoms with Gasteiger partial charge in [-0.3, -0.25) is 0 Å². The number of hydrogen-bond donors (Lipinski definition) is 0. The van der Waals surface area contributed by atoms with Gasteiger partial charge in [0.2, 0.25) is 0 Å². The van der Waals surface area contributed by atoms with Crippen molar-refractivity contribution >= 4 is 9.84 Å². The molecule has 0 aromatic rings. The van der Waals surface area contributed by atoms with E-state index in [0.717, 1.165) is 30.7 Å². The van der Waals surface area contributed by atoms with Gasteiger partial charge in [-0.25, -0.2) is 8.42 Å². The highest BCUT2D eigenvalue weighted by atomic mass is 32.2. The zero-order valence-electron chi connectivity index (χ0n) is 17.1. The first-order chi connectivity index (χ1) is 11.5. The Morgan fingerprint density at radius 3 is 1.96 bits per heavy atom. The molecule has 0 bridgehead atoms. The number of hydrogen-bond acceptors (Lipinski definition) is 3. The number of piperidine rings is 1. The van der Waals surface area contributed by atoms with Crippen molar-refractivity contribution in [3.8, 4) is 0 Å². The van der Waals surface area contributed by atoms with Crippen molar-refractivity contribution in [1.29, 1.82) is 0 Å². The predicted molar refractivity (Wildman–Crippen MR) is 105 cm³/mol. The zero-order valence-corrected chi connectivity index (χ0v) is 17.9. The molecule has 3 fully saturated rings. The van der Waals surface area contributed by atoms with Crippen LogP contribution in [0.2, 0.25) is 0 Å². The van der Waals surface area contributed by atoms with Crippen LogP contribution in [0.4, 0.5) is 0 Å². The highest BCUT2D eigenvalue weighted by molar-refractivity contribution is 7.91. The largest absolute Gasteiger partial charge is 0.300 e. The highest BCUT2D eigenvalue weighted by Gasteiger charge is 2.47. The van der Waals surface area contributed by atoms with E-state index in [1.807, 2.05) is 0 Å². The van der Waals surface area contributed by atoms with E-state index in [4.69, 9.17) is 0 Å². The van der Waals surface area contributed by atoms with Gasteiger partial charge in [0.05, 0.1) is 11.5 Å². The third-order valence-corrected chi connectivity index (χ3v) is 9.27. The maximum atomic E-state index is 11.7. The smallest absolute Gasteiger partial charge is 0.150 e. The first-order valence-electron chi connectivity index (χ1n) is 10.4. The maximum absolute atomic E-state index is 11.7. The van der Waals surface area contributed by atoms with Crippen LogP contribution in [0, 0.1) is 28.6 Å². The SMILES string of the molecule is CC(C)(C)C1CCN(C2CC2CC(C)(C)C2CCS(=O)(=O)CC2)CC1. The molecule has 3 rings (SSSR count). The summed E-state index contributed by atoms with van der Waals surface area (Å²) < 4.78 is 23.4. The van der Waals surface area contributed by atoms with Crippen molar-refractivity contribution in [3.05, 3.63) is 0 Å². The molecule has 2 heterocycles. The maximum Gasteiger partial charge on any atom is 0.150 e. The summed E-state index contributed by atoms with van der Waals surface area (Å²) in [6.07, 6.45) is 7.12. The molecule has 146 valence electrons. The van der Waals surface area contributed by atoms with Crippen LogP contribution in [0.25, 0.3) is 0 Å². The molecule has 2 aliphatic heterocycles. The molecule has 2 saturated heterocycles. The fraction of sp³-hybridized carbons (Fsp3) is 1.00.